The van der Waals surface area contributed by atoms with Gasteiger partial charge in [0.25, 0.3) is 0 Å². The molecule has 0 spiro atoms. The molecule has 1 aromatic rings. The quantitative estimate of drug-likeness (QED) is 0.607. The third kappa shape index (κ3) is 3.16. The summed E-state index contributed by atoms with van der Waals surface area (Å²) >= 11 is 5.45. The Bertz CT molecular complexity index is 291. The highest BCUT2D eigenvalue weighted by Crippen LogP contribution is 2.18. The second-order valence-electron chi connectivity index (χ2n) is 2.81. The Morgan fingerprint density at radius 2 is 2.21 bits per heavy atom. The summed E-state index contributed by atoms with van der Waals surface area (Å²) in [6.07, 6.45) is 0.683. The van der Waals surface area contributed by atoms with Gasteiger partial charge in [-0.05, 0) is 24.1 Å². The molecule has 14 heavy (non-hydrogen) atoms. The molecular weight excluding hydrogens is 207 g/mol. The maximum atomic E-state index is 13.2. The van der Waals surface area contributed by atoms with Crippen LogP contribution in [0.5, 0.6) is 5.75 Å². The second-order valence-corrected chi connectivity index (χ2v) is 3.19. The molecule has 1 aromatic carbocycles. The first kappa shape index (κ1) is 11.3. The van der Waals surface area contributed by atoms with Gasteiger partial charge in [-0.25, -0.2) is 4.39 Å². The van der Waals surface area contributed by atoms with Gasteiger partial charge in [-0.2, -0.15) is 0 Å². The van der Waals surface area contributed by atoms with Crippen molar-refractivity contribution in [2.75, 3.05) is 12.5 Å². The molecule has 0 heterocycles. The van der Waals surface area contributed by atoms with Gasteiger partial charge in [0.2, 0.25) is 0 Å². The van der Waals surface area contributed by atoms with Gasteiger partial charge >= 0.3 is 0 Å². The fraction of sp³-hybridized carbons (Fsp3) is 0.400. The maximum Gasteiger partial charge on any atom is 0.165 e. The number of aliphatic hydroxyl groups is 1. The summed E-state index contributed by atoms with van der Waals surface area (Å²) in [7, 11) is 0. The Hall–Kier alpha value is -0.800. The molecule has 4 heteroatoms. The minimum atomic E-state index is -0.453. The average molecular weight is 219 g/mol. The van der Waals surface area contributed by atoms with E-state index in [1.165, 1.54) is 12.1 Å². The van der Waals surface area contributed by atoms with Crippen LogP contribution in [0.3, 0.4) is 0 Å². The normalized spacial score (nSPS) is 10.2. The van der Waals surface area contributed by atoms with E-state index in [4.69, 9.17) is 21.4 Å². The fourth-order valence-electron chi connectivity index (χ4n) is 0.996. The highest BCUT2D eigenvalue weighted by molar-refractivity contribution is 6.17. The number of rotatable bonds is 5. The minimum Gasteiger partial charge on any atom is -0.490 e. The van der Waals surface area contributed by atoms with Crippen molar-refractivity contribution in [1.29, 1.82) is 0 Å². The Morgan fingerprint density at radius 3 is 2.79 bits per heavy atom. The van der Waals surface area contributed by atoms with Crippen molar-refractivity contribution in [2.45, 2.75) is 13.0 Å². The van der Waals surface area contributed by atoms with Crippen molar-refractivity contribution < 1.29 is 14.2 Å². The van der Waals surface area contributed by atoms with E-state index in [1.54, 1.807) is 6.07 Å². The molecule has 0 saturated heterocycles. The summed E-state index contributed by atoms with van der Waals surface area (Å²) in [6, 6.07) is 4.39. The molecule has 0 saturated carbocycles. The average Bonchev–Trinajstić information content (AvgIpc) is 2.20. The number of ether oxygens (including phenoxy) is 1. The van der Waals surface area contributed by atoms with E-state index in [9.17, 15) is 4.39 Å². The zero-order valence-corrected chi connectivity index (χ0v) is 8.43. The van der Waals surface area contributed by atoms with Crippen molar-refractivity contribution in [3.8, 4) is 5.75 Å². The van der Waals surface area contributed by atoms with E-state index in [1.807, 2.05) is 0 Å². The molecule has 0 amide bonds. The molecule has 78 valence electrons. The summed E-state index contributed by atoms with van der Waals surface area (Å²) < 4.78 is 18.3. The Morgan fingerprint density at radius 1 is 1.43 bits per heavy atom. The predicted molar refractivity (Wildman–Crippen MR) is 53.2 cm³/mol. The van der Waals surface area contributed by atoms with Gasteiger partial charge < -0.3 is 9.84 Å². The lowest BCUT2D eigenvalue weighted by Gasteiger charge is -2.06. The van der Waals surface area contributed by atoms with E-state index in [2.05, 4.69) is 0 Å². The van der Waals surface area contributed by atoms with Gasteiger partial charge in [-0.3, -0.25) is 0 Å². The van der Waals surface area contributed by atoms with E-state index in [0.717, 1.165) is 0 Å². The summed E-state index contributed by atoms with van der Waals surface area (Å²) in [6.45, 7) is 0.234. The van der Waals surface area contributed by atoms with Crippen LogP contribution in [0.25, 0.3) is 0 Å². The molecule has 0 aliphatic heterocycles. The first-order valence-electron chi connectivity index (χ1n) is 4.36. The standard InChI is InChI=1S/C10H12ClFO2/c11-4-1-5-14-10-3-2-8(7-13)6-9(10)12/h2-3,6,13H,1,4-5,7H2. The van der Waals surface area contributed by atoms with Crippen LogP contribution in [0.2, 0.25) is 0 Å². The second kappa shape index (κ2) is 5.83. The van der Waals surface area contributed by atoms with Crippen LogP contribution in [0.1, 0.15) is 12.0 Å². The van der Waals surface area contributed by atoms with Gasteiger partial charge in [0.15, 0.2) is 11.6 Å². The first-order chi connectivity index (χ1) is 6.77. The van der Waals surface area contributed by atoms with Crippen LogP contribution < -0.4 is 4.74 Å². The number of hydrogen-bond acceptors (Lipinski definition) is 2. The fourth-order valence-corrected chi connectivity index (χ4v) is 1.11. The molecule has 1 N–H and O–H groups in total. The largest absolute Gasteiger partial charge is 0.490 e. The lowest BCUT2D eigenvalue weighted by Crippen LogP contribution is -2.00. The Kier molecular flexibility index (Phi) is 4.70. The van der Waals surface area contributed by atoms with Gasteiger partial charge in [0.1, 0.15) is 0 Å². The van der Waals surface area contributed by atoms with E-state index >= 15 is 0 Å². The Balaban J connectivity index is 2.59. The van der Waals surface area contributed by atoms with Crippen LogP contribution in [0, 0.1) is 5.82 Å². The zero-order chi connectivity index (χ0) is 10.4. The third-order valence-corrected chi connectivity index (χ3v) is 1.98. The molecule has 0 atom stereocenters. The van der Waals surface area contributed by atoms with Gasteiger partial charge in [0, 0.05) is 5.88 Å². The van der Waals surface area contributed by atoms with Gasteiger partial charge in [-0.1, -0.05) is 6.07 Å². The number of halogens is 2. The molecule has 1 rings (SSSR count). The number of alkyl halides is 1. The van der Waals surface area contributed by atoms with Crippen LogP contribution in [0.15, 0.2) is 18.2 Å². The molecule has 0 aliphatic rings. The molecule has 0 radical (unpaired) electrons. The first-order valence-corrected chi connectivity index (χ1v) is 4.89. The van der Waals surface area contributed by atoms with E-state index in [-0.39, 0.29) is 12.4 Å². The lowest BCUT2D eigenvalue weighted by atomic mass is 10.2. The SMILES string of the molecule is OCc1ccc(OCCCCl)c(F)c1. The highest BCUT2D eigenvalue weighted by Gasteiger charge is 2.03. The molecule has 0 unspecified atom stereocenters. The summed E-state index contributed by atoms with van der Waals surface area (Å²) in [5.41, 5.74) is 0.534. The molecule has 0 bridgehead atoms. The number of hydrogen-bond donors (Lipinski definition) is 1. The van der Waals surface area contributed by atoms with Crippen LogP contribution in [-0.2, 0) is 6.61 Å². The van der Waals surface area contributed by atoms with Crippen LogP contribution in [0.4, 0.5) is 4.39 Å². The summed E-state index contributed by atoms with van der Waals surface area (Å²) in [5, 5.41) is 8.74. The van der Waals surface area contributed by atoms with Crippen molar-refractivity contribution in [3.05, 3.63) is 29.6 Å². The summed E-state index contributed by atoms with van der Waals surface area (Å²) in [4.78, 5) is 0. The molecular formula is C10H12ClFO2. The smallest absolute Gasteiger partial charge is 0.165 e. The molecule has 0 aromatic heterocycles. The maximum absolute atomic E-state index is 13.2. The van der Waals surface area contributed by atoms with Gasteiger partial charge in [0.05, 0.1) is 13.2 Å². The van der Waals surface area contributed by atoms with Crippen LogP contribution in [-0.4, -0.2) is 17.6 Å². The van der Waals surface area contributed by atoms with Crippen molar-refractivity contribution in [1.82, 2.24) is 0 Å². The van der Waals surface area contributed by atoms with Crippen molar-refractivity contribution >= 4 is 11.6 Å². The number of benzene rings is 1. The van der Waals surface area contributed by atoms with Crippen molar-refractivity contribution in [3.63, 3.8) is 0 Å². The summed E-state index contributed by atoms with van der Waals surface area (Å²) in [5.74, 6) is 0.245. The zero-order valence-electron chi connectivity index (χ0n) is 7.67. The van der Waals surface area contributed by atoms with Crippen molar-refractivity contribution in [2.24, 2.45) is 0 Å². The number of aliphatic hydroxyl groups excluding tert-OH is 1. The monoisotopic (exact) mass is 218 g/mol. The Labute approximate surface area is 87.3 Å². The topological polar surface area (TPSA) is 29.5 Å². The molecule has 2 nitrogen and oxygen atoms in total. The predicted octanol–water partition coefficient (Wildman–Crippen LogP) is 2.33. The van der Waals surface area contributed by atoms with Gasteiger partial charge in [-0.15, -0.1) is 11.6 Å². The molecule has 0 fully saturated rings. The molecule has 0 aliphatic carbocycles. The van der Waals surface area contributed by atoms with E-state index in [0.29, 0.717) is 24.5 Å². The highest BCUT2D eigenvalue weighted by atomic mass is 35.5. The minimum absolute atomic E-state index is 0.168. The lowest BCUT2D eigenvalue weighted by molar-refractivity contribution is 0.278. The van der Waals surface area contributed by atoms with Crippen LogP contribution >= 0.6 is 11.6 Å². The van der Waals surface area contributed by atoms with E-state index < -0.39 is 5.82 Å². The third-order valence-electron chi connectivity index (χ3n) is 1.71.